The Morgan fingerprint density at radius 2 is 2.00 bits per heavy atom. The van der Waals surface area contributed by atoms with Crippen molar-refractivity contribution in [3.05, 3.63) is 17.1 Å². The van der Waals surface area contributed by atoms with Gasteiger partial charge in [-0.2, -0.15) is 0 Å². The Labute approximate surface area is 160 Å². The number of nitrogens with two attached hydrogens (primary N) is 1. The number of aromatic nitrogens is 2. The van der Waals surface area contributed by atoms with Gasteiger partial charge >= 0.3 is 5.97 Å². The maximum absolute atomic E-state index is 11.7. The molecule has 0 aromatic carbocycles. The fourth-order valence-electron chi connectivity index (χ4n) is 4.78. The molecular formula is C20H30N4O3. The van der Waals surface area contributed by atoms with Gasteiger partial charge in [0.25, 0.3) is 0 Å². The molecule has 148 valence electrons. The van der Waals surface area contributed by atoms with Crippen molar-refractivity contribution >= 4 is 11.8 Å². The Kier molecular flexibility index (Phi) is 4.84. The zero-order valence-corrected chi connectivity index (χ0v) is 16.3. The van der Waals surface area contributed by atoms with E-state index in [0.717, 1.165) is 50.2 Å². The second kappa shape index (κ2) is 7.02. The van der Waals surface area contributed by atoms with E-state index in [1.807, 2.05) is 13.8 Å². The fraction of sp³-hybridized carbons (Fsp3) is 0.750. The summed E-state index contributed by atoms with van der Waals surface area (Å²) in [5.74, 6) is -0.507. The first-order valence-electron chi connectivity index (χ1n) is 10.2. The Hall–Kier alpha value is -1.73. The summed E-state index contributed by atoms with van der Waals surface area (Å²) < 4.78 is 6.13. The Morgan fingerprint density at radius 3 is 2.59 bits per heavy atom. The monoisotopic (exact) mass is 374 g/mol. The highest BCUT2D eigenvalue weighted by Gasteiger charge is 2.48. The predicted octanol–water partition coefficient (Wildman–Crippen LogP) is 2.30. The van der Waals surface area contributed by atoms with Gasteiger partial charge in [0.15, 0.2) is 11.5 Å². The van der Waals surface area contributed by atoms with E-state index in [9.17, 15) is 9.90 Å². The van der Waals surface area contributed by atoms with Gasteiger partial charge in [0.05, 0.1) is 23.6 Å². The Bertz CT molecular complexity index is 726. The highest BCUT2D eigenvalue weighted by atomic mass is 16.5. The van der Waals surface area contributed by atoms with Crippen molar-refractivity contribution in [1.29, 1.82) is 0 Å². The topological polar surface area (TPSA) is 102 Å². The van der Waals surface area contributed by atoms with Crippen LogP contribution in [0.15, 0.2) is 0 Å². The molecular weight excluding hydrogens is 344 g/mol. The Balaban J connectivity index is 1.49. The van der Waals surface area contributed by atoms with E-state index in [2.05, 4.69) is 14.9 Å². The normalized spacial score (nSPS) is 27.3. The minimum Gasteiger partial charge on any atom is -0.476 e. The SMILES string of the molecule is CCc1nc(C(=O)O)c(N2CCC3(CC2)C[C@@H](OC2CC2)C[C@H]3N)nc1C. The lowest BCUT2D eigenvalue weighted by Crippen LogP contribution is -2.47. The summed E-state index contributed by atoms with van der Waals surface area (Å²) in [5.41, 5.74) is 8.29. The second-order valence-corrected chi connectivity index (χ2v) is 8.44. The average Bonchev–Trinajstić information content (AvgIpc) is 3.40. The maximum atomic E-state index is 11.7. The molecule has 7 nitrogen and oxygen atoms in total. The van der Waals surface area contributed by atoms with Crippen molar-refractivity contribution in [2.24, 2.45) is 11.1 Å². The number of carbonyl (C=O) groups is 1. The van der Waals surface area contributed by atoms with Gasteiger partial charge in [0, 0.05) is 19.1 Å². The number of ether oxygens (including phenoxy) is 1. The van der Waals surface area contributed by atoms with E-state index in [4.69, 9.17) is 10.5 Å². The molecule has 2 atom stereocenters. The first kappa shape index (κ1) is 18.6. The first-order chi connectivity index (χ1) is 12.9. The first-order valence-corrected chi connectivity index (χ1v) is 10.2. The standard InChI is InChI=1S/C20H30N4O3/c1-3-15-12(2)22-18(17(23-15)19(25)26)24-8-6-20(7-9-24)11-14(10-16(20)21)27-13-4-5-13/h13-14,16H,3-11,21H2,1-2H3,(H,25,26)/t14-,16+/m0/s1. The molecule has 1 aromatic rings. The van der Waals surface area contributed by atoms with Crippen molar-refractivity contribution in [2.75, 3.05) is 18.0 Å². The van der Waals surface area contributed by atoms with E-state index >= 15 is 0 Å². The smallest absolute Gasteiger partial charge is 0.358 e. The molecule has 0 unspecified atom stereocenters. The van der Waals surface area contributed by atoms with Gasteiger partial charge in [-0.1, -0.05) is 6.92 Å². The molecule has 1 aliphatic heterocycles. The highest BCUT2D eigenvalue weighted by Crippen LogP contribution is 2.48. The molecule has 3 aliphatic rings. The third-order valence-electron chi connectivity index (χ3n) is 6.59. The van der Waals surface area contributed by atoms with E-state index in [-0.39, 0.29) is 17.2 Å². The van der Waals surface area contributed by atoms with Crippen LogP contribution in [0, 0.1) is 12.3 Å². The van der Waals surface area contributed by atoms with Crippen molar-refractivity contribution in [1.82, 2.24) is 9.97 Å². The lowest BCUT2D eigenvalue weighted by atomic mass is 9.74. The number of anilines is 1. The van der Waals surface area contributed by atoms with Gasteiger partial charge in [0.1, 0.15) is 0 Å². The molecule has 1 aromatic heterocycles. The van der Waals surface area contributed by atoms with Crippen LogP contribution in [0.4, 0.5) is 5.82 Å². The van der Waals surface area contributed by atoms with Crippen molar-refractivity contribution in [3.63, 3.8) is 0 Å². The zero-order valence-electron chi connectivity index (χ0n) is 16.3. The van der Waals surface area contributed by atoms with Crippen LogP contribution in [0.3, 0.4) is 0 Å². The number of carboxylic acids is 1. The molecule has 2 aliphatic carbocycles. The van der Waals surface area contributed by atoms with Crippen LogP contribution in [-0.2, 0) is 11.2 Å². The number of rotatable bonds is 5. The molecule has 2 heterocycles. The molecule has 0 radical (unpaired) electrons. The molecule has 3 fully saturated rings. The molecule has 0 bridgehead atoms. The fourth-order valence-corrected chi connectivity index (χ4v) is 4.78. The summed E-state index contributed by atoms with van der Waals surface area (Å²) in [6, 6.07) is 0.164. The summed E-state index contributed by atoms with van der Waals surface area (Å²) in [6.45, 7) is 5.40. The predicted molar refractivity (Wildman–Crippen MR) is 102 cm³/mol. The number of carboxylic acid groups (broad SMARTS) is 1. The third kappa shape index (κ3) is 3.55. The summed E-state index contributed by atoms with van der Waals surface area (Å²) in [6.07, 6.45) is 7.70. The number of hydrogen-bond acceptors (Lipinski definition) is 6. The molecule has 7 heteroatoms. The van der Waals surface area contributed by atoms with Gasteiger partial charge in [-0.05, 0) is 57.3 Å². The second-order valence-electron chi connectivity index (χ2n) is 8.44. The summed E-state index contributed by atoms with van der Waals surface area (Å²) in [4.78, 5) is 22.8. The van der Waals surface area contributed by atoms with E-state index in [1.165, 1.54) is 12.8 Å². The van der Waals surface area contributed by atoms with E-state index in [1.54, 1.807) is 0 Å². The van der Waals surface area contributed by atoms with Crippen LogP contribution < -0.4 is 10.6 Å². The van der Waals surface area contributed by atoms with Crippen LogP contribution >= 0.6 is 0 Å². The van der Waals surface area contributed by atoms with Crippen molar-refractivity contribution in [2.45, 2.75) is 77.0 Å². The molecule has 0 amide bonds. The third-order valence-corrected chi connectivity index (χ3v) is 6.59. The molecule has 27 heavy (non-hydrogen) atoms. The largest absolute Gasteiger partial charge is 0.476 e. The molecule has 4 rings (SSSR count). The van der Waals surface area contributed by atoms with Gasteiger partial charge in [0.2, 0.25) is 0 Å². The highest BCUT2D eigenvalue weighted by molar-refractivity contribution is 5.91. The van der Waals surface area contributed by atoms with Crippen molar-refractivity contribution in [3.8, 4) is 0 Å². The Morgan fingerprint density at radius 1 is 1.30 bits per heavy atom. The maximum Gasteiger partial charge on any atom is 0.358 e. The number of nitrogens with zero attached hydrogens (tertiary/aromatic N) is 3. The van der Waals surface area contributed by atoms with Crippen molar-refractivity contribution < 1.29 is 14.6 Å². The van der Waals surface area contributed by atoms with Gasteiger partial charge in [-0.3, -0.25) is 0 Å². The van der Waals surface area contributed by atoms with Gasteiger partial charge in [-0.25, -0.2) is 14.8 Å². The van der Waals surface area contributed by atoms with E-state index in [0.29, 0.717) is 24.4 Å². The molecule has 2 saturated carbocycles. The van der Waals surface area contributed by atoms with Gasteiger partial charge in [-0.15, -0.1) is 0 Å². The number of aryl methyl sites for hydroxylation is 2. The lowest BCUT2D eigenvalue weighted by molar-refractivity contribution is 0.0335. The lowest BCUT2D eigenvalue weighted by Gasteiger charge is -2.42. The number of aromatic carboxylic acids is 1. The molecule has 1 saturated heterocycles. The van der Waals surface area contributed by atoms with Crippen LogP contribution in [-0.4, -0.2) is 52.4 Å². The number of hydrogen-bond donors (Lipinski definition) is 2. The number of piperidine rings is 1. The van der Waals surface area contributed by atoms with Gasteiger partial charge < -0.3 is 20.5 Å². The van der Waals surface area contributed by atoms with Crippen LogP contribution in [0.1, 0.15) is 67.3 Å². The van der Waals surface area contributed by atoms with Crippen LogP contribution in [0.5, 0.6) is 0 Å². The van der Waals surface area contributed by atoms with E-state index < -0.39 is 5.97 Å². The zero-order chi connectivity index (χ0) is 19.2. The summed E-state index contributed by atoms with van der Waals surface area (Å²) in [7, 11) is 0. The average molecular weight is 374 g/mol. The quantitative estimate of drug-likeness (QED) is 0.815. The van der Waals surface area contributed by atoms with Crippen LogP contribution in [0.25, 0.3) is 0 Å². The summed E-state index contributed by atoms with van der Waals surface area (Å²) in [5, 5.41) is 9.61. The minimum absolute atomic E-state index is 0.0686. The molecule has 1 spiro atoms. The molecule has 3 N–H and O–H groups in total. The van der Waals surface area contributed by atoms with Crippen LogP contribution in [0.2, 0.25) is 0 Å². The minimum atomic E-state index is -1.01. The summed E-state index contributed by atoms with van der Waals surface area (Å²) >= 11 is 0.